The van der Waals surface area contributed by atoms with Crippen LogP contribution in [-0.2, 0) is 19.1 Å². The van der Waals surface area contributed by atoms with Crippen LogP contribution in [0.15, 0.2) is 18.2 Å². The number of hydrogen-bond donors (Lipinski definition) is 2. The lowest BCUT2D eigenvalue weighted by Gasteiger charge is -2.44. The van der Waals surface area contributed by atoms with Crippen LogP contribution in [-0.4, -0.2) is 80.8 Å². The molecule has 34 heavy (non-hydrogen) atoms. The Hall–Kier alpha value is -2.54. The van der Waals surface area contributed by atoms with E-state index in [2.05, 4.69) is 16.7 Å². The lowest BCUT2D eigenvalue weighted by atomic mass is 9.74. The monoisotopic (exact) mass is 490 g/mol. The molecule has 0 spiro atoms. The molecular formula is C24H31ClN4O5. The third kappa shape index (κ3) is 5.74. The van der Waals surface area contributed by atoms with E-state index in [1.54, 1.807) is 23.1 Å². The van der Waals surface area contributed by atoms with Crippen LogP contribution in [0.5, 0.6) is 5.75 Å². The van der Waals surface area contributed by atoms with E-state index in [0.717, 1.165) is 18.5 Å². The predicted octanol–water partition coefficient (Wildman–Crippen LogP) is 1.74. The number of methoxy groups -OCH3 is 1. The predicted molar refractivity (Wildman–Crippen MR) is 126 cm³/mol. The Morgan fingerprint density at radius 1 is 1.32 bits per heavy atom. The molecule has 4 rings (SSSR count). The van der Waals surface area contributed by atoms with Crippen LogP contribution in [0.4, 0.5) is 5.69 Å². The number of morpholine rings is 1. The van der Waals surface area contributed by atoms with Gasteiger partial charge in [0.15, 0.2) is 0 Å². The molecule has 1 aliphatic carbocycles. The first-order chi connectivity index (χ1) is 16.5. The van der Waals surface area contributed by atoms with Gasteiger partial charge in [0.05, 0.1) is 43.3 Å². The number of nitrogens with zero attached hydrogens (tertiary/aromatic N) is 2. The van der Waals surface area contributed by atoms with E-state index in [1.807, 2.05) is 0 Å². The van der Waals surface area contributed by atoms with Gasteiger partial charge < -0.3 is 29.7 Å². The lowest BCUT2D eigenvalue weighted by Crippen LogP contribution is -2.56. The first-order valence-corrected chi connectivity index (χ1v) is 12.2. The number of fused-ring (bicyclic) bond motifs is 1. The van der Waals surface area contributed by atoms with Gasteiger partial charge in [-0.25, -0.2) is 0 Å². The molecule has 10 heteroatoms. The molecule has 0 radical (unpaired) electrons. The van der Waals surface area contributed by atoms with Gasteiger partial charge in [-0.2, -0.15) is 5.26 Å². The number of nitriles is 1. The summed E-state index contributed by atoms with van der Waals surface area (Å²) in [5, 5.41) is 15.4. The van der Waals surface area contributed by atoms with Gasteiger partial charge in [-0.3, -0.25) is 9.59 Å². The number of hydrogen-bond acceptors (Lipinski definition) is 7. The highest BCUT2D eigenvalue weighted by Crippen LogP contribution is 2.37. The number of benzene rings is 1. The van der Waals surface area contributed by atoms with Crippen LogP contribution in [0, 0.1) is 23.2 Å². The number of piperidine rings is 1. The van der Waals surface area contributed by atoms with Crippen molar-refractivity contribution in [3.63, 3.8) is 0 Å². The van der Waals surface area contributed by atoms with Gasteiger partial charge in [-0.15, -0.1) is 11.6 Å². The number of nitrogens with one attached hydrogen (secondary N) is 2. The molecule has 0 bridgehead atoms. The minimum Gasteiger partial charge on any atom is -0.495 e. The van der Waals surface area contributed by atoms with Crippen LogP contribution in [0.2, 0.25) is 0 Å². The van der Waals surface area contributed by atoms with Crippen LogP contribution in [0.1, 0.15) is 24.8 Å². The second-order valence-electron chi connectivity index (χ2n) is 9.05. The fourth-order valence-corrected chi connectivity index (χ4v) is 5.38. The molecule has 5 atom stereocenters. The lowest BCUT2D eigenvalue weighted by molar-refractivity contribution is -0.144. The third-order valence-corrected chi connectivity index (χ3v) is 7.39. The molecule has 1 aromatic carbocycles. The molecule has 3 fully saturated rings. The summed E-state index contributed by atoms with van der Waals surface area (Å²) in [4.78, 5) is 26.9. The zero-order valence-electron chi connectivity index (χ0n) is 19.3. The Bertz CT molecular complexity index is 932. The average Bonchev–Trinajstić information content (AvgIpc) is 2.86. The molecule has 2 amide bonds. The molecule has 184 valence electrons. The largest absolute Gasteiger partial charge is 0.495 e. The molecule has 2 saturated heterocycles. The van der Waals surface area contributed by atoms with E-state index in [0.29, 0.717) is 50.6 Å². The highest BCUT2D eigenvalue weighted by molar-refractivity contribution is 6.21. The van der Waals surface area contributed by atoms with Crippen molar-refractivity contribution in [1.82, 2.24) is 10.2 Å². The maximum atomic E-state index is 12.8. The van der Waals surface area contributed by atoms with Gasteiger partial charge in [0, 0.05) is 37.4 Å². The maximum Gasteiger partial charge on any atom is 0.248 e. The van der Waals surface area contributed by atoms with Crippen molar-refractivity contribution in [2.24, 2.45) is 11.8 Å². The summed E-state index contributed by atoms with van der Waals surface area (Å²) >= 11 is 6.65. The van der Waals surface area contributed by atoms with Crippen molar-refractivity contribution in [1.29, 1.82) is 5.26 Å². The van der Waals surface area contributed by atoms with Crippen LogP contribution < -0.4 is 15.4 Å². The number of halogens is 1. The molecular weight excluding hydrogens is 460 g/mol. The highest BCUT2D eigenvalue weighted by Gasteiger charge is 2.43. The number of ether oxygens (including phenoxy) is 3. The molecule has 1 aromatic rings. The van der Waals surface area contributed by atoms with Gasteiger partial charge in [0.1, 0.15) is 18.4 Å². The van der Waals surface area contributed by atoms with Crippen molar-refractivity contribution >= 4 is 29.1 Å². The minimum absolute atomic E-state index is 0.000180. The fraction of sp³-hybridized carbons (Fsp3) is 0.625. The number of carbonyl (C=O) groups excluding carboxylic acids is 2. The minimum atomic E-state index is -0.269. The fourth-order valence-electron chi connectivity index (χ4n) is 4.97. The van der Waals surface area contributed by atoms with E-state index in [-0.39, 0.29) is 47.8 Å². The summed E-state index contributed by atoms with van der Waals surface area (Å²) in [5.41, 5.74) is 1.26. The molecule has 2 heterocycles. The molecule has 5 unspecified atom stereocenters. The zero-order valence-corrected chi connectivity index (χ0v) is 20.1. The van der Waals surface area contributed by atoms with Crippen LogP contribution in [0.3, 0.4) is 0 Å². The Labute approximate surface area is 204 Å². The highest BCUT2D eigenvalue weighted by atomic mass is 35.5. The average molecular weight is 491 g/mol. The van der Waals surface area contributed by atoms with Crippen molar-refractivity contribution in [2.75, 3.05) is 51.9 Å². The number of alkyl halides is 1. The summed E-state index contributed by atoms with van der Waals surface area (Å²) in [5.74, 6) is 0.526. The number of rotatable bonds is 7. The maximum absolute atomic E-state index is 12.8. The Morgan fingerprint density at radius 3 is 2.85 bits per heavy atom. The first-order valence-electron chi connectivity index (χ1n) is 11.7. The Kier molecular flexibility index (Phi) is 8.14. The Morgan fingerprint density at radius 2 is 2.12 bits per heavy atom. The molecule has 1 saturated carbocycles. The number of carbonyl (C=O) groups is 2. The summed E-state index contributed by atoms with van der Waals surface area (Å²) < 4.78 is 16.4. The van der Waals surface area contributed by atoms with Crippen molar-refractivity contribution in [3.8, 4) is 11.8 Å². The smallest absolute Gasteiger partial charge is 0.248 e. The van der Waals surface area contributed by atoms with Crippen molar-refractivity contribution in [2.45, 2.75) is 36.8 Å². The molecule has 3 aliphatic rings. The standard InChI is InChI=1S/C24H31ClN4O5/c1-32-21-10-18(3-2-15(21)12-26)27-13-17-8-16-9-19(25)22(11-20(16)28-24(17)31)34-14-23(30)29-4-6-33-7-5-29/h2-3,10,16-17,19-20,22,27H,4-9,11,13-14H2,1H3,(H,28,31). The van der Waals surface area contributed by atoms with Gasteiger partial charge in [0.2, 0.25) is 11.8 Å². The Balaban J connectivity index is 1.27. The number of amides is 2. The topological polar surface area (TPSA) is 113 Å². The zero-order chi connectivity index (χ0) is 24.1. The summed E-state index contributed by atoms with van der Waals surface area (Å²) in [6.45, 7) is 2.76. The van der Waals surface area contributed by atoms with E-state index in [1.165, 1.54) is 7.11 Å². The van der Waals surface area contributed by atoms with E-state index >= 15 is 0 Å². The second-order valence-corrected chi connectivity index (χ2v) is 9.61. The van der Waals surface area contributed by atoms with Crippen LogP contribution >= 0.6 is 11.6 Å². The van der Waals surface area contributed by atoms with Gasteiger partial charge in [-0.1, -0.05) is 0 Å². The van der Waals surface area contributed by atoms with E-state index in [4.69, 9.17) is 31.1 Å². The normalized spacial score (nSPS) is 28.9. The molecule has 0 aromatic heterocycles. The van der Waals surface area contributed by atoms with E-state index in [9.17, 15) is 9.59 Å². The van der Waals surface area contributed by atoms with Crippen molar-refractivity contribution < 1.29 is 23.8 Å². The van der Waals surface area contributed by atoms with Crippen LogP contribution in [0.25, 0.3) is 0 Å². The summed E-state index contributed by atoms with van der Waals surface area (Å²) in [6, 6.07) is 7.35. The van der Waals surface area contributed by atoms with Gasteiger partial charge in [-0.05, 0) is 37.3 Å². The summed E-state index contributed by atoms with van der Waals surface area (Å²) in [6.07, 6.45) is 1.80. The molecule has 2 aliphatic heterocycles. The number of anilines is 1. The molecule has 9 nitrogen and oxygen atoms in total. The van der Waals surface area contributed by atoms with Gasteiger partial charge in [0.25, 0.3) is 0 Å². The first kappa shape index (κ1) is 24.6. The van der Waals surface area contributed by atoms with Crippen molar-refractivity contribution in [3.05, 3.63) is 23.8 Å². The van der Waals surface area contributed by atoms with E-state index < -0.39 is 0 Å². The second kappa shape index (κ2) is 11.3. The SMILES string of the molecule is COc1cc(NCC2CC3CC(Cl)C(OCC(=O)N4CCOCC4)CC3NC2=O)ccc1C#N. The molecule has 2 N–H and O–H groups in total. The quantitative estimate of drug-likeness (QED) is 0.560. The third-order valence-electron chi connectivity index (χ3n) is 6.93. The summed E-state index contributed by atoms with van der Waals surface area (Å²) in [7, 11) is 1.52. The van der Waals surface area contributed by atoms with Gasteiger partial charge >= 0.3 is 0 Å².